The normalized spacial score (nSPS) is 15.8. The Bertz CT molecular complexity index is 815. The van der Waals surface area contributed by atoms with E-state index in [2.05, 4.69) is 41.5 Å². The number of hydrogen-bond acceptors (Lipinski definition) is 4. The van der Waals surface area contributed by atoms with Gasteiger partial charge in [-0.3, -0.25) is 9.59 Å². The van der Waals surface area contributed by atoms with Crippen molar-refractivity contribution < 1.29 is 19.1 Å². The third kappa shape index (κ3) is 7.73. The molecule has 0 saturated carbocycles. The van der Waals surface area contributed by atoms with Crippen LogP contribution in [0.2, 0.25) is 0 Å². The first-order valence-corrected chi connectivity index (χ1v) is 11.8. The van der Waals surface area contributed by atoms with Crippen molar-refractivity contribution in [3.05, 3.63) is 71.8 Å². The summed E-state index contributed by atoms with van der Waals surface area (Å²) in [5, 5.41) is 0. The summed E-state index contributed by atoms with van der Waals surface area (Å²) in [6.45, 7) is 16.0. The smallest absolute Gasteiger partial charge is 0.309 e. The SMILES string of the molecule is CC(CC(C)C(=O)OC(c1ccccc1)C(C)(C)C)C(=O)OC(c1ccccc1)C(C)(C)C. The van der Waals surface area contributed by atoms with Gasteiger partial charge in [-0.2, -0.15) is 0 Å². The van der Waals surface area contributed by atoms with Crippen molar-refractivity contribution in [2.75, 3.05) is 0 Å². The zero-order valence-electron chi connectivity index (χ0n) is 21.4. The van der Waals surface area contributed by atoms with E-state index in [1.807, 2.05) is 74.5 Å². The first-order valence-electron chi connectivity index (χ1n) is 11.8. The van der Waals surface area contributed by atoms with Gasteiger partial charge < -0.3 is 9.47 Å². The van der Waals surface area contributed by atoms with Crippen LogP contribution in [0.25, 0.3) is 0 Å². The first-order chi connectivity index (χ1) is 15.3. The Hall–Kier alpha value is -2.62. The maximum atomic E-state index is 13.0. The lowest BCUT2D eigenvalue weighted by Gasteiger charge is -2.32. The summed E-state index contributed by atoms with van der Waals surface area (Å²) in [5.74, 6) is -1.44. The van der Waals surface area contributed by atoms with Crippen LogP contribution < -0.4 is 0 Å². The zero-order chi connectivity index (χ0) is 24.8. The number of esters is 2. The monoisotopic (exact) mass is 452 g/mol. The number of carbonyl (C=O) groups excluding carboxylic acids is 2. The van der Waals surface area contributed by atoms with E-state index >= 15 is 0 Å². The van der Waals surface area contributed by atoms with Gasteiger partial charge in [0.2, 0.25) is 0 Å². The predicted octanol–water partition coefficient (Wildman–Crippen LogP) is 7.31. The molecule has 0 fully saturated rings. The summed E-state index contributed by atoms with van der Waals surface area (Å²) in [5.41, 5.74) is 1.43. The molecule has 0 saturated heterocycles. The summed E-state index contributed by atoms with van der Waals surface area (Å²) >= 11 is 0. The molecule has 0 amide bonds. The number of hydrogen-bond donors (Lipinski definition) is 0. The van der Waals surface area contributed by atoms with Crippen molar-refractivity contribution in [3.8, 4) is 0 Å². The summed E-state index contributed by atoms with van der Waals surface area (Å²) in [6.07, 6.45) is -0.354. The summed E-state index contributed by atoms with van der Waals surface area (Å²) in [4.78, 5) is 25.9. The highest BCUT2D eigenvalue weighted by Gasteiger charge is 2.34. The molecule has 33 heavy (non-hydrogen) atoms. The number of benzene rings is 2. The average molecular weight is 453 g/mol. The van der Waals surface area contributed by atoms with Crippen LogP contribution in [0, 0.1) is 22.7 Å². The van der Waals surface area contributed by atoms with E-state index < -0.39 is 11.8 Å². The minimum atomic E-state index is -0.425. The molecule has 2 aromatic rings. The van der Waals surface area contributed by atoms with Gasteiger partial charge in [0, 0.05) is 10.8 Å². The highest BCUT2D eigenvalue weighted by Crippen LogP contribution is 2.38. The third-order valence-electron chi connectivity index (χ3n) is 5.76. The Labute approximate surface area is 199 Å². The van der Waals surface area contributed by atoms with Gasteiger partial charge in [0.15, 0.2) is 0 Å². The Morgan fingerprint density at radius 2 is 0.939 bits per heavy atom. The summed E-state index contributed by atoms with van der Waals surface area (Å²) in [6, 6.07) is 19.6. The predicted molar refractivity (Wildman–Crippen MR) is 132 cm³/mol. The molecule has 4 nitrogen and oxygen atoms in total. The fourth-order valence-electron chi connectivity index (χ4n) is 3.93. The molecule has 4 unspecified atom stereocenters. The second-order valence-electron chi connectivity index (χ2n) is 11.2. The van der Waals surface area contributed by atoms with Crippen molar-refractivity contribution in [3.63, 3.8) is 0 Å². The lowest BCUT2D eigenvalue weighted by Crippen LogP contribution is -2.30. The zero-order valence-corrected chi connectivity index (χ0v) is 21.4. The van der Waals surface area contributed by atoms with Crippen LogP contribution >= 0.6 is 0 Å². The largest absolute Gasteiger partial charge is 0.457 e. The minimum Gasteiger partial charge on any atom is -0.457 e. The first kappa shape index (κ1) is 26.6. The van der Waals surface area contributed by atoms with E-state index in [9.17, 15) is 9.59 Å². The summed E-state index contributed by atoms with van der Waals surface area (Å²) < 4.78 is 11.9. The molecule has 0 bridgehead atoms. The number of ether oxygens (including phenoxy) is 2. The van der Waals surface area contributed by atoms with Crippen LogP contribution in [0.15, 0.2) is 60.7 Å². The molecular weight excluding hydrogens is 412 g/mol. The van der Waals surface area contributed by atoms with Gasteiger partial charge in [-0.05, 0) is 17.5 Å². The van der Waals surface area contributed by atoms with Gasteiger partial charge in [0.05, 0.1) is 11.8 Å². The molecule has 0 N–H and O–H groups in total. The van der Waals surface area contributed by atoms with E-state index in [0.29, 0.717) is 6.42 Å². The molecule has 0 heterocycles. The molecule has 4 heteroatoms. The van der Waals surface area contributed by atoms with Gasteiger partial charge in [-0.25, -0.2) is 0 Å². The van der Waals surface area contributed by atoms with Crippen molar-refractivity contribution in [1.82, 2.24) is 0 Å². The molecule has 0 spiro atoms. The number of carbonyl (C=O) groups is 2. The molecule has 2 rings (SSSR count). The van der Waals surface area contributed by atoms with E-state index in [1.165, 1.54) is 0 Å². The summed E-state index contributed by atoms with van der Waals surface area (Å²) in [7, 11) is 0. The lowest BCUT2D eigenvalue weighted by atomic mass is 9.84. The molecule has 0 aromatic heterocycles. The molecule has 0 aliphatic carbocycles. The van der Waals surface area contributed by atoms with Crippen molar-refractivity contribution in [2.24, 2.45) is 22.7 Å². The second kappa shape index (κ2) is 11.0. The Morgan fingerprint density at radius 3 is 1.21 bits per heavy atom. The van der Waals surface area contributed by atoms with Crippen molar-refractivity contribution in [2.45, 2.75) is 74.0 Å². The van der Waals surface area contributed by atoms with E-state index in [0.717, 1.165) is 11.1 Å². The fraction of sp³-hybridized carbons (Fsp3) is 0.517. The second-order valence-corrected chi connectivity index (χ2v) is 11.2. The van der Waals surface area contributed by atoms with Gasteiger partial charge in [0.1, 0.15) is 12.2 Å². The topological polar surface area (TPSA) is 52.6 Å². The Morgan fingerprint density at radius 1 is 0.636 bits per heavy atom. The highest BCUT2D eigenvalue weighted by atomic mass is 16.5. The van der Waals surface area contributed by atoms with Crippen LogP contribution in [-0.4, -0.2) is 11.9 Å². The Balaban J connectivity index is 2.05. The Kier molecular flexibility index (Phi) is 8.88. The van der Waals surface area contributed by atoms with Gasteiger partial charge in [-0.1, -0.05) is 116 Å². The number of rotatable bonds is 8. The van der Waals surface area contributed by atoms with E-state index in [1.54, 1.807) is 0 Å². The average Bonchev–Trinajstić information content (AvgIpc) is 2.74. The molecule has 180 valence electrons. The van der Waals surface area contributed by atoms with Gasteiger partial charge in [0.25, 0.3) is 0 Å². The standard InChI is InChI=1S/C29H40O4/c1-20(26(30)32-24(28(3,4)5)22-15-11-9-12-16-22)19-21(2)27(31)33-25(29(6,7)8)23-17-13-10-14-18-23/h9-18,20-21,24-25H,19H2,1-8H3. The molecule has 4 atom stereocenters. The molecule has 2 aromatic carbocycles. The third-order valence-corrected chi connectivity index (χ3v) is 5.76. The van der Waals surface area contributed by atoms with Crippen molar-refractivity contribution >= 4 is 11.9 Å². The molecule has 0 radical (unpaired) electrons. The van der Waals surface area contributed by atoms with Crippen LogP contribution in [-0.2, 0) is 19.1 Å². The van der Waals surface area contributed by atoms with Crippen LogP contribution in [0.5, 0.6) is 0 Å². The van der Waals surface area contributed by atoms with Gasteiger partial charge in [-0.15, -0.1) is 0 Å². The van der Waals surface area contributed by atoms with Crippen LogP contribution in [0.3, 0.4) is 0 Å². The van der Waals surface area contributed by atoms with Gasteiger partial charge >= 0.3 is 11.9 Å². The molecule has 0 aliphatic heterocycles. The minimum absolute atomic E-state index is 0.253. The van der Waals surface area contributed by atoms with Crippen molar-refractivity contribution in [1.29, 1.82) is 0 Å². The van der Waals surface area contributed by atoms with Crippen LogP contribution in [0.1, 0.15) is 85.1 Å². The maximum absolute atomic E-state index is 13.0. The molecule has 0 aliphatic rings. The van der Waals surface area contributed by atoms with Crippen LogP contribution in [0.4, 0.5) is 0 Å². The highest BCUT2D eigenvalue weighted by molar-refractivity contribution is 5.76. The van der Waals surface area contributed by atoms with E-state index in [-0.39, 0.29) is 35.0 Å². The molecular formula is C29H40O4. The fourth-order valence-corrected chi connectivity index (χ4v) is 3.93. The quantitative estimate of drug-likeness (QED) is 0.394. The maximum Gasteiger partial charge on any atom is 0.309 e. The van der Waals surface area contributed by atoms with E-state index in [4.69, 9.17) is 9.47 Å². The lowest BCUT2D eigenvalue weighted by molar-refractivity contribution is -0.164.